The Kier molecular flexibility index (Phi) is 5.50. The Morgan fingerprint density at radius 3 is 2.29 bits per heavy atom. The second kappa shape index (κ2) is 8.26. The van der Waals surface area contributed by atoms with Gasteiger partial charge < -0.3 is 24.1 Å². The lowest BCUT2D eigenvalue weighted by atomic mass is 10.1. The third-order valence-corrected chi connectivity index (χ3v) is 5.05. The number of rotatable bonds is 4. The topological polar surface area (TPSA) is 74.5 Å². The van der Waals surface area contributed by atoms with Crippen LogP contribution in [0.2, 0.25) is 0 Å². The maximum Gasteiger partial charge on any atom is 0.231 e. The van der Waals surface area contributed by atoms with E-state index in [4.69, 9.17) is 23.9 Å². The smallest absolute Gasteiger partial charge is 0.231 e. The fourth-order valence-corrected chi connectivity index (χ4v) is 3.77. The molecule has 1 aliphatic rings. The van der Waals surface area contributed by atoms with Crippen molar-refractivity contribution in [2.45, 2.75) is 26.7 Å². The summed E-state index contributed by atoms with van der Waals surface area (Å²) in [5.41, 5.74) is 2.95. The van der Waals surface area contributed by atoms with Gasteiger partial charge in [0.25, 0.3) is 0 Å². The Bertz CT molecular complexity index is 1290. The molecule has 0 bridgehead atoms. The molecule has 162 valence electrons. The number of allylic oxidation sites excluding steroid dienone is 1. The molecule has 1 N–H and O–H groups in total. The van der Waals surface area contributed by atoms with Gasteiger partial charge in [0.05, 0.1) is 30.9 Å². The molecule has 7 nitrogen and oxygen atoms in total. The van der Waals surface area contributed by atoms with Crippen molar-refractivity contribution in [3.63, 3.8) is 0 Å². The summed E-state index contributed by atoms with van der Waals surface area (Å²) in [4.78, 5) is 4.82. The van der Waals surface area contributed by atoms with E-state index < -0.39 is 0 Å². The molecule has 0 amide bonds. The van der Waals surface area contributed by atoms with Crippen molar-refractivity contribution >= 4 is 27.5 Å². The van der Waals surface area contributed by atoms with Crippen LogP contribution in [0.3, 0.4) is 0 Å². The van der Waals surface area contributed by atoms with E-state index in [9.17, 15) is 5.11 Å². The Labute approximate surface area is 180 Å². The van der Waals surface area contributed by atoms with Gasteiger partial charge in [-0.05, 0) is 12.1 Å². The van der Waals surface area contributed by atoms with Gasteiger partial charge in [0.2, 0.25) is 6.79 Å². The first-order valence-corrected chi connectivity index (χ1v) is 10.2. The summed E-state index contributed by atoms with van der Waals surface area (Å²) in [5, 5.41) is 12.5. The maximum absolute atomic E-state index is 11.1. The molecule has 31 heavy (non-hydrogen) atoms. The van der Waals surface area contributed by atoms with Crippen molar-refractivity contribution < 1.29 is 24.1 Å². The van der Waals surface area contributed by atoms with Crippen LogP contribution in [0.5, 0.6) is 28.7 Å². The lowest BCUT2D eigenvalue weighted by Gasteiger charge is -2.14. The lowest BCUT2D eigenvalue weighted by Crippen LogP contribution is -1.99. The summed E-state index contributed by atoms with van der Waals surface area (Å²) in [6.07, 6.45) is 3.46. The van der Waals surface area contributed by atoms with Gasteiger partial charge in [-0.25, -0.2) is 4.98 Å². The van der Waals surface area contributed by atoms with Gasteiger partial charge in [0.15, 0.2) is 23.0 Å². The zero-order valence-electron chi connectivity index (χ0n) is 18.2. The Morgan fingerprint density at radius 2 is 1.68 bits per heavy atom. The molecule has 3 heterocycles. The number of aromatic nitrogens is 2. The van der Waals surface area contributed by atoms with E-state index in [1.54, 1.807) is 26.4 Å². The zero-order chi connectivity index (χ0) is 22.1. The number of hydrogen-bond donors (Lipinski definition) is 1. The summed E-state index contributed by atoms with van der Waals surface area (Å²) in [5.74, 6) is 2.57. The van der Waals surface area contributed by atoms with Crippen molar-refractivity contribution in [2.24, 2.45) is 0 Å². The molecule has 5 rings (SSSR count). The second-order valence-corrected chi connectivity index (χ2v) is 7.21. The average molecular weight is 422 g/mol. The van der Waals surface area contributed by atoms with E-state index in [0.29, 0.717) is 46.1 Å². The summed E-state index contributed by atoms with van der Waals surface area (Å²) < 4.78 is 23.8. The van der Waals surface area contributed by atoms with Gasteiger partial charge in [0, 0.05) is 29.3 Å². The average Bonchev–Trinajstić information content (AvgIpc) is 3.38. The van der Waals surface area contributed by atoms with Crippen LogP contribution >= 0.6 is 0 Å². The van der Waals surface area contributed by atoms with Crippen molar-refractivity contribution in [3.05, 3.63) is 42.6 Å². The van der Waals surface area contributed by atoms with Gasteiger partial charge in [0.1, 0.15) is 11.4 Å². The molecule has 0 saturated carbocycles. The predicted molar refractivity (Wildman–Crippen MR) is 121 cm³/mol. The molecule has 0 fully saturated rings. The minimum atomic E-state index is 0.153. The molecule has 0 unspecified atom stereocenters. The molecule has 0 atom stereocenters. The highest BCUT2D eigenvalue weighted by Crippen LogP contribution is 2.43. The monoisotopic (exact) mass is 422 g/mol. The molecule has 4 aromatic rings. The lowest BCUT2D eigenvalue weighted by molar-refractivity contribution is 0.174. The first-order valence-electron chi connectivity index (χ1n) is 10.2. The largest absolute Gasteiger partial charge is 0.505 e. The zero-order valence-corrected chi connectivity index (χ0v) is 18.2. The highest BCUT2D eigenvalue weighted by Gasteiger charge is 2.22. The summed E-state index contributed by atoms with van der Waals surface area (Å²) in [7, 11) is 3.14. The Balaban J connectivity index is 0.000000730. The minimum absolute atomic E-state index is 0.153. The number of pyridine rings is 1. The highest BCUT2D eigenvalue weighted by atomic mass is 16.7. The molecule has 0 saturated heterocycles. The van der Waals surface area contributed by atoms with E-state index in [0.717, 1.165) is 16.4 Å². The molecule has 0 aliphatic carbocycles. The molecule has 2 aromatic heterocycles. The Hall–Kier alpha value is -3.61. The van der Waals surface area contributed by atoms with Crippen LogP contribution in [0.25, 0.3) is 27.5 Å². The van der Waals surface area contributed by atoms with Crippen molar-refractivity contribution in [3.8, 4) is 28.7 Å². The summed E-state index contributed by atoms with van der Waals surface area (Å²) >= 11 is 0. The molecule has 0 spiro atoms. The number of fused-ring (bicyclic) bond motifs is 6. The van der Waals surface area contributed by atoms with E-state index in [2.05, 4.69) is 20.4 Å². The third kappa shape index (κ3) is 3.26. The van der Waals surface area contributed by atoms with Gasteiger partial charge in [-0.3, -0.25) is 4.40 Å². The molecule has 0 radical (unpaired) electrons. The first-order chi connectivity index (χ1) is 15.1. The summed E-state index contributed by atoms with van der Waals surface area (Å²) in [6.45, 7) is 8.27. The molecule has 2 aromatic carbocycles. The number of methoxy groups -OCH3 is 2. The molecule has 7 heteroatoms. The summed E-state index contributed by atoms with van der Waals surface area (Å²) in [6, 6.07) is 7.33. The molecular formula is C24H26N2O5. The number of nitrogens with zero attached hydrogens (tertiary/aromatic N) is 2. The fraction of sp³-hybridized carbons (Fsp3) is 0.292. The number of aromatic hydroxyl groups is 1. The number of hydrogen-bond acceptors (Lipinski definition) is 6. The van der Waals surface area contributed by atoms with Gasteiger partial charge in [-0.15, -0.1) is 6.58 Å². The van der Waals surface area contributed by atoms with E-state index >= 15 is 0 Å². The molecular weight excluding hydrogens is 396 g/mol. The van der Waals surface area contributed by atoms with Crippen molar-refractivity contribution in [1.29, 1.82) is 0 Å². The minimum Gasteiger partial charge on any atom is -0.505 e. The van der Waals surface area contributed by atoms with E-state index in [1.807, 2.05) is 22.6 Å². The van der Waals surface area contributed by atoms with Crippen LogP contribution in [-0.4, -0.2) is 35.5 Å². The normalized spacial score (nSPS) is 12.1. The van der Waals surface area contributed by atoms with Gasteiger partial charge in [-0.1, -0.05) is 26.3 Å². The van der Waals surface area contributed by atoms with Crippen LogP contribution in [0, 0.1) is 0 Å². The van der Waals surface area contributed by atoms with Crippen molar-refractivity contribution in [1.82, 2.24) is 9.38 Å². The highest BCUT2D eigenvalue weighted by molar-refractivity contribution is 6.04. The third-order valence-electron chi connectivity index (χ3n) is 5.05. The first kappa shape index (κ1) is 20.7. The fourth-order valence-electron chi connectivity index (χ4n) is 3.77. The second-order valence-electron chi connectivity index (χ2n) is 7.21. The van der Waals surface area contributed by atoms with E-state index in [1.165, 1.54) is 6.42 Å². The number of imidazole rings is 1. The number of benzene rings is 2. The van der Waals surface area contributed by atoms with Crippen LogP contribution in [-0.2, 0) is 6.42 Å². The maximum atomic E-state index is 11.1. The quantitative estimate of drug-likeness (QED) is 0.454. The van der Waals surface area contributed by atoms with Gasteiger partial charge in [-0.2, -0.15) is 0 Å². The van der Waals surface area contributed by atoms with Crippen LogP contribution < -0.4 is 18.9 Å². The van der Waals surface area contributed by atoms with Crippen LogP contribution in [0.15, 0.2) is 36.9 Å². The SMILES string of the molecule is C=CCc1c(O)c2cc(OC)c(OC)cc2c2nc3cc4c(cc3n12)OCO4.CCC. The van der Waals surface area contributed by atoms with Crippen LogP contribution in [0.1, 0.15) is 26.0 Å². The predicted octanol–water partition coefficient (Wildman–Crippen LogP) is 5.24. The number of ether oxygens (including phenoxy) is 4. The standard InChI is InChI=1S/C21H18N2O5.C3H8/c1-4-5-14-20(24)11-6-16(25-2)17(26-3)7-12(11)21-22-13-8-18-19(28-10-27-18)9-15(13)23(14)21;1-3-2/h4,6-9,24H,1,5,10H2,2-3H3;3H2,1-2H3. The van der Waals surface area contributed by atoms with Gasteiger partial charge >= 0.3 is 0 Å². The van der Waals surface area contributed by atoms with Crippen molar-refractivity contribution in [2.75, 3.05) is 21.0 Å². The van der Waals surface area contributed by atoms with Crippen LogP contribution in [0.4, 0.5) is 0 Å². The van der Waals surface area contributed by atoms with E-state index in [-0.39, 0.29) is 12.5 Å². The molecule has 1 aliphatic heterocycles. The Morgan fingerprint density at radius 1 is 1.06 bits per heavy atom.